The van der Waals surface area contributed by atoms with E-state index in [9.17, 15) is 18.0 Å². The van der Waals surface area contributed by atoms with Crippen molar-refractivity contribution in [1.29, 1.82) is 0 Å². The van der Waals surface area contributed by atoms with Crippen molar-refractivity contribution in [3.05, 3.63) is 40.1 Å². The first kappa shape index (κ1) is 13.0. The Morgan fingerprint density at radius 3 is 2.75 bits per heavy atom. The maximum atomic E-state index is 12.7. The molecule has 1 unspecified atom stereocenters. The van der Waals surface area contributed by atoms with E-state index in [0.717, 1.165) is 0 Å². The highest BCUT2D eigenvalue weighted by molar-refractivity contribution is 5.54. The van der Waals surface area contributed by atoms with Gasteiger partial charge in [0.05, 0.1) is 11.6 Å². The molecule has 4 nitrogen and oxygen atoms in total. The van der Waals surface area contributed by atoms with E-state index in [2.05, 4.69) is 15.0 Å². The van der Waals surface area contributed by atoms with Crippen LogP contribution in [0.2, 0.25) is 0 Å². The van der Waals surface area contributed by atoms with Gasteiger partial charge in [0, 0.05) is 29.9 Å². The van der Waals surface area contributed by atoms with Crippen LogP contribution in [-0.4, -0.2) is 21.1 Å². The lowest BCUT2D eigenvalue weighted by molar-refractivity contribution is -0.177. The van der Waals surface area contributed by atoms with Crippen LogP contribution in [0.3, 0.4) is 0 Å². The van der Waals surface area contributed by atoms with E-state index in [1.165, 1.54) is 12.3 Å². The first-order valence-corrected chi connectivity index (χ1v) is 6.27. The van der Waals surface area contributed by atoms with E-state index >= 15 is 0 Å². The predicted octanol–water partition coefficient (Wildman–Crippen LogP) is 2.43. The molecule has 106 valence electrons. The fraction of sp³-hybridized carbons (Fsp3) is 0.385. The Hall–Kier alpha value is -2.05. The summed E-state index contributed by atoms with van der Waals surface area (Å²) in [5.41, 5.74) is 1.65. The number of nitrogens with zero attached hydrogens (tertiary/aromatic N) is 1. The summed E-state index contributed by atoms with van der Waals surface area (Å²) >= 11 is 0. The van der Waals surface area contributed by atoms with Crippen LogP contribution in [0, 0.1) is 5.92 Å². The molecule has 0 fully saturated rings. The first-order chi connectivity index (χ1) is 9.43. The Morgan fingerprint density at radius 2 is 2.10 bits per heavy atom. The average Bonchev–Trinajstić information content (AvgIpc) is 2.81. The van der Waals surface area contributed by atoms with Gasteiger partial charge < -0.3 is 9.97 Å². The van der Waals surface area contributed by atoms with Crippen LogP contribution in [0.25, 0.3) is 11.4 Å². The number of imidazole rings is 1. The molecule has 0 spiro atoms. The zero-order valence-electron chi connectivity index (χ0n) is 10.4. The molecule has 1 aliphatic carbocycles. The lowest BCUT2D eigenvalue weighted by Gasteiger charge is -2.23. The summed E-state index contributed by atoms with van der Waals surface area (Å²) in [4.78, 5) is 20.8. The zero-order chi connectivity index (χ0) is 14.3. The highest BCUT2D eigenvalue weighted by Crippen LogP contribution is 2.36. The van der Waals surface area contributed by atoms with Gasteiger partial charge in [-0.1, -0.05) is 0 Å². The number of pyridine rings is 1. The van der Waals surface area contributed by atoms with Gasteiger partial charge in [0.2, 0.25) is 5.56 Å². The summed E-state index contributed by atoms with van der Waals surface area (Å²) in [5, 5.41) is 0. The largest absolute Gasteiger partial charge is 0.392 e. The molecule has 2 N–H and O–H groups in total. The number of alkyl halides is 3. The van der Waals surface area contributed by atoms with Crippen molar-refractivity contribution >= 4 is 0 Å². The first-order valence-electron chi connectivity index (χ1n) is 6.27. The summed E-state index contributed by atoms with van der Waals surface area (Å²) in [6, 6.07) is 2.94. The maximum Gasteiger partial charge on any atom is 0.392 e. The molecule has 2 aromatic heterocycles. The van der Waals surface area contributed by atoms with Gasteiger partial charge in [0.25, 0.3) is 0 Å². The van der Waals surface area contributed by atoms with E-state index in [0.29, 0.717) is 29.2 Å². The number of aryl methyl sites for hydroxylation is 1. The lowest BCUT2D eigenvalue weighted by atomic mass is 9.89. The van der Waals surface area contributed by atoms with Crippen LogP contribution in [-0.2, 0) is 12.8 Å². The summed E-state index contributed by atoms with van der Waals surface area (Å²) in [5.74, 6) is -0.812. The monoisotopic (exact) mass is 283 g/mol. The predicted molar refractivity (Wildman–Crippen MR) is 66.2 cm³/mol. The van der Waals surface area contributed by atoms with Crippen molar-refractivity contribution < 1.29 is 13.2 Å². The van der Waals surface area contributed by atoms with Gasteiger partial charge in [-0.05, 0) is 18.9 Å². The molecule has 1 aliphatic rings. The Kier molecular flexibility index (Phi) is 2.92. The molecule has 3 rings (SSSR count). The number of hydrogen-bond acceptors (Lipinski definition) is 2. The van der Waals surface area contributed by atoms with E-state index in [4.69, 9.17) is 0 Å². The molecule has 1 atom stereocenters. The van der Waals surface area contributed by atoms with Crippen molar-refractivity contribution in [3.8, 4) is 11.4 Å². The minimum atomic E-state index is -4.17. The number of aromatic nitrogens is 3. The van der Waals surface area contributed by atoms with Crippen LogP contribution < -0.4 is 5.56 Å². The molecule has 0 saturated heterocycles. The van der Waals surface area contributed by atoms with E-state index in [1.54, 1.807) is 6.07 Å². The normalized spacial score (nSPS) is 18.9. The van der Waals surface area contributed by atoms with Crippen LogP contribution in [0.4, 0.5) is 13.2 Å². The number of H-pyrrole nitrogens is 2. The van der Waals surface area contributed by atoms with E-state index in [1.807, 2.05) is 0 Å². The smallest absolute Gasteiger partial charge is 0.342 e. The van der Waals surface area contributed by atoms with Crippen LogP contribution in [0.1, 0.15) is 17.8 Å². The van der Waals surface area contributed by atoms with Crippen molar-refractivity contribution in [2.45, 2.75) is 25.4 Å². The molecule has 2 aromatic rings. The van der Waals surface area contributed by atoms with Crippen LogP contribution in [0.15, 0.2) is 23.1 Å². The van der Waals surface area contributed by atoms with E-state index < -0.39 is 12.1 Å². The number of halogens is 3. The standard InChI is InChI=1S/C13H12F3N3O/c14-13(15,16)8-2-3-9-10(5-8)19-12(18-9)7-1-4-11(20)17-6-7/h1,4,6,8H,2-3,5H2,(H,17,20)(H,18,19). The zero-order valence-corrected chi connectivity index (χ0v) is 10.4. The lowest BCUT2D eigenvalue weighted by Crippen LogP contribution is -2.28. The van der Waals surface area contributed by atoms with E-state index in [-0.39, 0.29) is 18.4 Å². The Morgan fingerprint density at radius 1 is 1.30 bits per heavy atom. The molecular formula is C13H12F3N3O. The molecule has 20 heavy (non-hydrogen) atoms. The second-order valence-electron chi connectivity index (χ2n) is 4.93. The molecule has 2 heterocycles. The van der Waals surface area contributed by atoms with Crippen molar-refractivity contribution in [2.75, 3.05) is 0 Å². The fourth-order valence-electron chi connectivity index (χ4n) is 2.45. The van der Waals surface area contributed by atoms with Crippen molar-refractivity contribution in [2.24, 2.45) is 5.92 Å². The van der Waals surface area contributed by atoms with Crippen LogP contribution in [0.5, 0.6) is 0 Å². The summed E-state index contributed by atoms with van der Waals surface area (Å²) in [6.45, 7) is 0. The minimum absolute atomic E-state index is 0.0603. The fourth-order valence-corrected chi connectivity index (χ4v) is 2.45. The summed E-state index contributed by atoms with van der Waals surface area (Å²) < 4.78 is 38.2. The summed E-state index contributed by atoms with van der Waals surface area (Å²) in [6.07, 6.45) is -2.34. The highest BCUT2D eigenvalue weighted by atomic mass is 19.4. The SMILES string of the molecule is O=c1ccc(-c2nc3c([nH]2)CC(C(F)(F)F)CC3)c[nH]1. The minimum Gasteiger partial charge on any atom is -0.342 e. The van der Waals surface area contributed by atoms with Gasteiger partial charge >= 0.3 is 6.18 Å². The van der Waals surface area contributed by atoms with Gasteiger partial charge in [-0.3, -0.25) is 4.79 Å². The molecule has 0 bridgehead atoms. The van der Waals surface area contributed by atoms with Gasteiger partial charge in [0.1, 0.15) is 5.82 Å². The third-order valence-corrected chi connectivity index (χ3v) is 3.57. The molecule has 0 aliphatic heterocycles. The van der Waals surface area contributed by atoms with Crippen molar-refractivity contribution in [1.82, 2.24) is 15.0 Å². The maximum absolute atomic E-state index is 12.7. The number of fused-ring (bicyclic) bond motifs is 1. The quantitative estimate of drug-likeness (QED) is 0.844. The third kappa shape index (κ3) is 2.35. The molecule has 0 radical (unpaired) electrons. The number of aromatic amines is 2. The van der Waals surface area contributed by atoms with Gasteiger partial charge in [-0.2, -0.15) is 13.2 Å². The molecular weight excluding hydrogens is 271 g/mol. The number of hydrogen-bond donors (Lipinski definition) is 2. The van der Waals surface area contributed by atoms with Gasteiger partial charge in [0.15, 0.2) is 0 Å². The third-order valence-electron chi connectivity index (χ3n) is 3.57. The van der Waals surface area contributed by atoms with Crippen LogP contribution >= 0.6 is 0 Å². The number of nitrogens with one attached hydrogen (secondary N) is 2. The topological polar surface area (TPSA) is 61.5 Å². The highest BCUT2D eigenvalue weighted by Gasteiger charge is 2.42. The Balaban J connectivity index is 1.90. The molecule has 0 aromatic carbocycles. The Labute approximate surface area is 112 Å². The van der Waals surface area contributed by atoms with Gasteiger partial charge in [-0.25, -0.2) is 4.98 Å². The molecule has 0 amide bonds. The van der Waals surface area contributed by atoms with Crippen molar-refractivity contribution in [3.63, 3.8) is 0 Å². The van der Waals surface area contributed by atoms with Gasteiger partial charge in [-0.15, -0.1) is 0 Å². The average molecular weight is 283 g/mol. The second kappa shape index (κ2) is 4.50. The summed E-state index contributed by atoms with van der Waals surface area (Å²) in [7, 11) is 0. The Bertz CT molecular complexity index is 666. The second-order valence-corrected chi connectivity index (χ2v) is 4.93. The number of rotatable bonds is 1. The molecule has 0 saturated carbocycles. The molecule has 7 heteroatoms.